The van der Waals surface area contributed by atoms with E-state index in [2.05, 4.69) is 29.6 Å². The maximum Gasteiger partial charge on any atom is 0.310 e. The second-order valence-electron chi connectivity index (χ2n) is 8.04. The Hall–Kier alpha value is -1.83. The molecule has 176 valence electrons. The number of carbonyl (C=O) groups excluding carboxylic acids is 1. The molecule has 0 aliphatic heterocycles. The highest BCUT2D eigenvalue weighted by atomic mass is 35.5. The maximum atomic E-state index is 12.3. The lowest BCUT2D eigenvalue weighted by Crippen LogP contribution is -2.35. The van der Waals surface area contributed by atoms with Gasteiger partial charge in [-0.1, -0.05) is 53.9 Å². The van der Waals surface area contributed by atoms with Crippen molar-refractivity contribution in [3.8, 4) is 0 Å². The number of carbonyl (C=O) groups is 1. The van der Waals surface area contributed by atoms with Crippen LogP contribution in [0.5, 0.6) is 0 Å². The molecule has 0 aromatic heterocycles. The van der Waals surface area contributed by atoms with Gasteiger partial charge in [0.2, 0.25) is 0 Å². The average molecular weight is 481 g/mol. The normalized spacial score (nSPS) is 12.1. The first-order valence-corrected chi connectivity index (χ1v) is 11.7. The first-order valence-electron chi connectivity index (χ1n) is 10.9. The van der Waals surface area contributed by atoms with E-state index in [0.717, 1.165) is 37.1 Å². The fraction of sp³-hybridized carbons (Fsp3) is 0.458. The van der Waals surface area contributed by atoms with E-state index in [1.54, 1.807) is 18.2 Å². The first kappa shape index (κ1) is 26.4. The highest BCUT2D eigenvalue weighted by molar-refractivity contribution is 6.39. The summed E-state index contributed by atoms with van der Waals surface area (Å²) in [6, 6.07) is 12.9. The van der Waals surface area contributed by atoms with Crippen LogP contribution in [-0.4, -0.2) is 57.2 Å². The molecule has 2 aromatic carbocycles. The number of rotatable bonds is 14. The van der Waals surface area contributed by atoms with Gasteiger partial charge in [-0.05, 0) is 57.2 Å². The van der Waals surface area contributed by atoms with Crippen LogP contribution in [-0.2, 0) is 16.0 Å². The summed E-state index contributed by atoms with van der Waals surface area (Å²) in [7, 11) is 4.15. The number of ether oxygens (including phenoxy) is 1. The Balaban J connectivity index is 1.72. The lowest BCUT2D eigenvalue weighted by molar-refractivity contribution is -0.142. The molecule has 0 saturated carbocycles. The van der Waals surface area contributed by atoms with Crippen molar-refractivity contribution in [3.05, 3.63) is 58.1 Å². The fourth-order valence-electron chi connectivity index (χ4n) is 3.22. The molecule has 0 heterocycles. The Labute approximate surface area is 201 Å². The van der Waals surface area contributed by atoms with E-state index < -0.39 is 0 Å². The van der Waals surface area contributed by atoms with E-state index in [-0.39, 0.29) is 18.4 Å². The van der Waals surface area contributed by atoms with Crippen molar-refractivity contribution in [1.29, 1.82) is 0 Å². The lowest BCUT2D eigenvalue weighted by atomic mass is 10.1. The van der Waals surface area contributed by atoms with Gasteiger partial charge in [0.1, 0.15) is 6.61 Å². The van der Waals surface area contributed by atoms with E-state index in [9.17, 15) is 4.79 Å². The van der Waals surface area contributed by atoms with Crippen LogP contribution in [0.1, 0.15) is 24.8 Å². The third-order valence-electron chi connectivity index (χ3n) is 4.95. The van der Waals surface area contributed by atoms with Crippen LogP contribution >= 0.6 is 23.2 Å². The molecule has 0 amide bonds. The van der Waals surface area contributed by atoms with Crippen molar-refractivity contribution in [3.63, 3.8) is 0 Å². The van der Waals surface area contributed by atoms with Crippen molar-refractivity contribution in [2.75, 3.05) is 45.7 Å². The van der Waals surface area contributed by atoms with E-state index in [0.29, 0.717) is 35.4 Å². The van der Waals surface area contributed by atoms with Gasteiger partial charge in [-0.15, -0.1) is 0 Å². The molecule has 0 spiro atoms. The predicted octanol–water partition coefficient (Wildman–Crippen LogP) is 4.47. The summed E-state index contributed by atoms with van der Waals surface area (Å²) in [5, 5.41) is 7.51. The zero-order valence-corrected chi connectivity index (χ0v) is 20.4. The summed E-state index contributed by atoms with van der Waals surface area (Å²) in [6.45, 7) is 2.68. The Morgan fingerprint density at radius 2 is 1.81 bits per heavy atom. The molecule has 0 unspecified atom stereocenters. The highest BCUT2D eigenvalue weighted by Crippen LogP contribution is 2.33. The highest BCUT2D eigenvalue weighted by Gasteiger charge is 2.12. The van der Waals surface area contributed by atoms with Crippen LogP contribution in [0, 0.1) is 0 Å². The summed E-state index contributed by atoms with van der Waals surface area (Å²) < 4.78 is 5.38. The van der Waals surface area contributed by atoms with Crippen molar-refractivity contribution in [2.45, 2.75) is 31.7 Å². The molecule has 0 aliphatic carbocycles. The van der Waals surface area contributed by atoms with Crippen LogP contribution in [0.4, 0.5) is 11.4 Å². The minimum atomic E-state index is -0.292. The second-order valence-corrected chi connectivity index (χ2v) is 8.85. The summed E-state index contributed by atoms with van der Waals surface area (Å²) in [5.41, 5.74) is 8.30. The monoisotopic (exact) mass is 480 g/mol. The number of hydrogen-bond acceptors (Lipinski definition) is 6. The molecule has 2 aromatic rings. The zero-order chi connectivity index (χ0) is 23.3. The van der Waals surface area contributed by atoms with Crippen LogP contribution in [0.25, 0.3) is 0 Å². The van der Waals surface area contributed by atoms with Gasteiger partial charge in [0.05, 0.1) is 22.2 Å². The minimum absolute atomic E-state index is 0.113. The molecule has 8 heteroatoms. The maximum absolute atomic E-state index is 12.3. The van der Waals surface area contributed by atoms with E-state index in [1.807, 2.05) is 24.3 Å². The Bertz CT molecular complexity index is 828. The number of para-hydroxylation sites is 2. The number of nitrogens with two attached hydrogens (primary N) is 1. The zero-order valence-electron chi connectivity index (χ0n) is 18.9. The largest absolute Gasteiger partial charge is 0.464 e. The smallest absolute Gasteiger partial charge is 0.310 e. The minimum Gasteiger partial charge on any atom is -0.464 e. The van der Waals surface area contributed by atoms with Crippen LogP contribution in [0.3, 0.4) is 0 Å². The van der Waals surface area contributed by atoms with Crippen LogP contribution < -0.4 is 16.4 Å². The van der Waals surface area contributed by atoms with Crippen molar-refractivity contribution < 1.29 is 9.53 Å². The average Bonchev–Trinajstić information content (AvgIpc) is 2.74. The van der Waals surface area contributed by atoms with Gasteiger partial charge < -0.3 is 26.0 Å². The molecular weight excluding hydrogens is 447 g/mol. The molecule has 0 fully saturated rings. The van der Waals surface area contributed by atoms with Crippen LogP contribution in [0.2, 0.25) is 10.0 Å². The predicted molar refractivity (Wildman–Crippen MR) is 134 cm³/mol. The summed E-state index contributed by atoms with van der Waals surface area (Å²) >= 11 is 12.5. The summed E-state index contributed by atoms with van der Waals surface area (Å²) in [5.74, 6) is -0.292. The summed E-state index contributed by atoms with van der Waals surface area (Å²) in [4.78, 5) is 14.5. The van der Waals surface area contributed by atoms with Gasteiger partial charge in [-0.2, -0.15) is 0 Å². The van der Waals surface area contributed by atoms with Gasteiger partial charge >= 0.3 is 5.97 Å². The topological polar surface area (TPSA) is 79.6 Å². The molecule has 0 radical (unpaired) electrons. The fourth-order valence-corrected chi connectivity index (χ4v) is 3.71. The Morgan fingerprint density at radius 1 is 1.09 bits per heavy atom. The van der Waals surface area contributed by atoms with Crippen LogP contribution in [0.15, 0.2) is 42.5 Å². The number of halogens is 2. The molecule has 1 atom stereocenters. The number of hydrogen-bond donors (Lipinski definition) is 3. The molecule has 4 N–H and O–H groups in total. The van der Waals surface area contributed by atoms with Gasteiger partial charge in [0, 0.05) is 24.8 Å². The standard InChI is InChI=1S/C24H34Cl2N4O2/c1-30(2)14-6-5-9-19(27)17-28-13-15-32-23(31)16-18-8-3-4-12-22(18)29-24-20(25)10-7-11-21(24)26/h3-4,7-8,10-12,19,28-29H,5-6,9,13-17,27H2,1-2H3/t19-/m0/s1. The van der Waals surface area contributed by atoms with E-state index in [1.165, 1.54) is 0 Å². The SMILES string of the molecule is CN(C)CCCC[C@H](N)CNCCOC(=O)Cc1ccccc1Nc1c(Cl)cccc1Cl. The van der Waals surface area contributed by atoms with Gasteiger partial charge in [-0.3, -0.25) is 4.79 Å². The van der Waals surface area contributed by atoms with Crippen molar-refractivity contribution in [1.82, 2.24) is 10.2 Å². The van der Waals surface area contributed by atoms with E-state index >= 15 is 0 Å². The van der Waals surface area contributed by atoms with E-state index in [4.69, 9.17) is 33.7 Å². The third kappa shape index (κ3) is 9.76. The van der Waals surface area contributed by atoms with Crippen molar-refractivity contribution in [2.24, 2.45) is 5.73 Å². The Morgan fingerprint density at radius 3 is 2.53 bits per heavy atom. The summed E-state index contributed by atoms with van der Waals surface area (Å²) in [6.07, 6.45) is 3.40. The Kier molecular flexibility index (Phi) is 11.8. The number of anilines is 2. The molecule has 0 saturated heterocycles. The molecule has 2 rings (SSSR count). The number of nitrogens with one attached hydrogen (secondary N) is 2. The van der Waals surface area contributed by atoms with Gasteiger partial charge in [-0.25, -0.2) is 0 Å². The number of nitrogens with zero attached hydrogens (tertiary/aromatic N) is 1. The number of benzene rings is 2. The quantitative estimate of drug-likeness (QED) is 0.273. The molecule has 32 heavy (non-hydrogen) atoms. The second kappa shape index (κ2) is 14.3. The van der Waals surface area contributed by atoms with Crippen molar-refractivity contribution >= 4 is 40.5 Å². The van der Waals surface area contributed by atoms with Gasteiger partial charge in [0.15, 0.2) is 0 Å². The number of unbranched alkanes of at least 4 members (excludes halogenated alkanes) is 1. The molecule has 0 bridgehead atoms. The van der Waals surface area contributed by atoms with Gasteiger partial charge in [0.25, 0.3) is 0 Å². The molecule has 6 nitrogen and oxygen atoms in total. The lowest BCUT2D eigenvalue weighted by Gasteiger charge is -2.15. The number of esters is 1. The molecule has 0 aliphatic rings. The first-order chi connectivity index (χ1) is 15.4. The third-order valence-corrected chi connectivity index (χ3v) is 5.58. The molecular formula is C24H34Cl2N4O2.